The molecule has 0 radical (unpaired) electrons. The third-order valence-electron chi connectivity index (χ3n) is 18.9. The first kappa shape index (κ1) is 62.0. The van der Waals surface area contributed by atoms with Gasteiger partial charge in [-0.05, 0) is 194 Å². The highest BCUT2D eigenvalue weighted by atomic mass is 16.6. The molecule has 468 valence electrons. The lowest BCUT2D eigenvalue weighted by molar-refractivity contribution is -0.141. The van der Waals surface area contributed by atoms with Crippen molar-refractivity contribution in [1.29, 1.82) is 0 Å². The first-order valence-corrected chi connectivity index (χ1v) is 32.1. The maximum atomic E-state index is 12.4. The molecule has 3 aliphatic heterocycles. The normalized spacial score (nSPS) is 22.1. The number of ether oxygens (including phenoxy) is 4. The Balaban J connectivity index is 1.04. The fourth-order valence-corrected chi connectivity index (χ4v) is 15.0. The van der Waals surface area contributed by atoms with Crippen molar-refractivity contribution in [2.24, 2.45) is 5.92 Å². The van der Waals surface area contributed by atoms with Gasteiger partial charge in [-0.15, -0.1) is 0 Å². The molecule has 4 heterocycles. The standard InChI is InChI=1S/C74H87N5O10/c1-45(2)37-73(3,85)42-77-43-79-65-18-10-17-54(40-81)87-64-35-52(33-51(69(64)84)20-19-47-15-8-9-16-48(47)28-31-80)72-74(65,86-44-75-4)38-61-58-36-60-66(50-21-25-62-49(32-50)27-30-78-62)53(39-76-29-11-14-46-12-6-5-7-13-46)34-59-63(83)26-24-56(67(59)60)68(58)71-57(70(61)89-72)23-22-55(41-82)88-71/h5-9,12-13,15-16,21,24-27,30,32-35,45,54-55,60,65-66,72,75-85H,11,14,17,19-20,22-23,28-29,31,36-44H2,1-4H3/t54-,55+,60+,65-,66-,72-,73+,74+/m1/s1. The number of aliphatic hydroxyl groups excluding tert-OH is 3. The fraction of sp³-hybridized carbons (Fsp3) is 0.432. The third-order valence-corrected chi connectivity index (χ3v) is 18.9. The fourth-order valence-electron chi connectivity index (χ4n) is 15.0. The van der Waals surface area contributed by atoms with Crippen LogP contribution in [0.2, 0.25) is 0 Å². The van der Waals surface area contributed by atoms with Crippen molar-refractivity contribution < 1.29 is 49.6 Å². The number of phenolic OH excluding ortho intramolecular Hbond substituents is 2. The lowest BCUT2D eigenvalue weighted by Gasteiger charge is -2.50. The van der Waals surface area contributed by atoms with Gasteiger partial charge in [-0.25, -0.2) is 0 Å². The Labute approximate surface area is 522 Å². The quantitative estimate of drug-likeness (QED) is 0.0154. The number of aliphatic hydroxyl groups is 4. The van der Waals surface area contributed by atoms with Gasteiger partial charge in [-0.3, -0.25) is 10.6 Å². The van der Waals surface area contributed by atoms with Gasteiger partial charge >= 0.3 is 0 Å². The Bertz CT molecular complexity index is 3750. The van der Waals surface area contributed by atoms with Gasteiger partial charge in [0.05, 0.1) is 25.5 Å². The summed E-state index contributed by atoms with van der Waals surface area (Å²) in [6.07, 6.45) is 7.98. The molecule has 15 heteroatoms. The number of rotatable bonds is 24. The number of aromatic hydroxyl groups is 2. The van der Waals surface area contributed by atoms with E-state index < -0.39 is 35.6 Å². The van der Waals surface area contributed by atoms with Crippen LogP contribution in [0, 0.1) is 17.8 Å². The van der Waals surface area contributed by atoms with Crippen LogP contribution in [0.4, 0.5) is 0 Å². The Morgan fingerprint density at radius 3 is 2.39 bits per heavy atom. The second kappa shape index (κ2) is 27.1. The highest BCUT2D eigenvalue weighted by Gasteiger charge is 2.55. The van der Waals surface area contributed by atoms with E-state index in [1.165, 1.54) is 16.7 Å². The van der Waals surface area contributed by atoms with E-state index in [1.807, 2.05) is 62.6 Å². The minimum absolute atomic E-state index is 0.00432. The van der Waals surface area contributed by atoms with E-state index >= 15 is 0 Å². The van der Waals surface area contributed by atoms with Gasteiger partial charge in [0, 0.05) is 79.1 Å². The van der Waals surface area contributed by atoms with Crippen LogP contribution in [0.1, 0.15) is 126 Å². The molecule has 7 aromatic rings. The van der Waals surface area contributed by atoms with Crippen molar-refractivity contribution in [3.05, 3.63) is 176 Å². The van der Waals surface area contributed by atoms with E-state index in [1.54, 1.807) is 0 Å². The highest BCUT2D eigenvalue weighted by molar-refractivity contribution is 5.90. The van der Waals surface area contributed by atoms with Crippen LogP contribution in [-0.2, 0) is 49.7 Å². The summed E-state index contributed by atoms with van der Waals surface area (Å²) < 4.78 is 29.1. The molecular formula is C74H87N5O10. The summed E-state index contributed by atoms with van der Waals surface area (Å²) in [7, 11) is 1.85. The molecule has 1 aromatic heterocycles. The largest absolute Gasteiger partial charge is 0.507 e. The average Bonchev–Trinajstić information content (AvgIpc) is 1.21. The van der Waals surface area contributed by atoms with Crippen LogP contribution in [0.3, 0.4) is 0 Å². The number of nitrogens with one attached hydrogen (secondary N) is 5. The summed E-state index contributed by atoms with van der Waals surface area (Å²) in [4.78, 5) is 3.41. The predicted octanol–water partition coefficient (Wildman–Crippen LogP) is 9.35. The number of aromatic nitrogens is 1. The van der Waals surface area contributed by atoms with Gasteiger partial charge in [-0.1, -0.05) is 92.4 Å². The van der Waals surface area contributed by atoms with E-state index in [2.05, 4.69) is 119 Å². The molecule has 6 aromatic carbocycles. The third kappa shape index (κ3) is 12.8. The second-order valence-electron chi connectivity index (χ2n) is 25.8. The molecule has 0 spiro atoms. The Kier molecular flexibility index (Phi) is 18.9. The molecule has 0 fully saturated rings. The summed E-state index contributed by atoms with van der Waals surface area (Å²) in [6.45, 7) is 7.56. The molecule has 0 amide bonds. The van der Waals surface area contributed by atoms with Crippen molar-refractivity contribution in [3.8, 4) is 51.7 Å². The topological polar surface area (TPSA) is 222 Å². The zero-order valence-electron chi connectivity index (χ0n) is 51.8. The van der Waals surface area contributed by atoms with Crippen LogP contribution in [0.25, 0.3) is 28.1 Å². The van der Waals surface area contributed by atoms with Crippen molar-refractivity contribution in [2.45, 2.75) is 139 Å². The average molecular weight is 1210 g/mol. The molecule has 0 saturated carbocycles. The van der Waals surface area contributed by atoms with Crippen LogP contribution in [-0.4, -0.2) is 125 Å². The maximum absolute atomic E-state index is 12.4. The Morgan fingerprint density at radius 2 is 1.61 bits per heavy atom. The SMILES string of the molecule is CNCO[C@]12Cc3c4c(c5c(c3O[C@@H]1c1cc(CCc3ccccc3CCO)c(O)c(c1)O[C@@H](CO)CC#C[C@H]2NCNC[C@@](C)(O)CC(C)C)CC[C@@H](CO)O5)-c1ccc(O)c2c1[C@@H](C4)[C@H](c1ccc3[nH]ccc3c1)C(CNCCCc1ccccc1)=C2. The van der Waals surface area contributed by atoms with E-state index in [-0.39, 0.29) is 81.1 Å². The van der Waals surface area contributed by atoms with Gasteiger partial charge in [0.15, 0.2) is 17.6 Å². The Hall–Kier alpha value is -7.20. The first-order valence-electron chi connectivity index (χ1n) is 32.1. The number of benzene rings is 6. The first-order chi connectivity index (χ1) is 43.3. The van der Waals surface area contributed by atoms with E-state index in [0.29, 0.717) is 80.7 Å². The Morgan fingerprint density at radius 1 is 0.809 bits per heavy atom. The van der Waals surface area contributed by atoms with Crippen molar-refractivity contribution in [3.63, 3.8) is 0 Å². The van der Waals surface area contributed by atoms with Gasteiger partial charge in [0.2, 0.25) is 0 Å². The van der Waals surface area contributed by atoms with E-state index in [4.69, 9.17) is 18.9 Å². The lowest BCUT2D eigenvalue weighted by Crippen LogP contribution is -2.62. The number of hydrogen-bond acceptors (Lipinski definition) is 14. The highest BCUT2D eigenvalue weighted by Crippen LogP contribution is 2.62. The van der Waals surface area contributed by atoms with Gasteiger partial charge in [0.25, 0.3) is 0 Å². The molecule has 2 aliphatic carbocycles. The van der Waals surface area contributed by atoms with Crippen molar-refractivity contribution in [2.75, 3.05) is 59.9 Å². The second-order valence-corrected chi connectivity index (χ2v) is 25.8. The summed E-state index contributed by atoms with van der Waals surface area (Å²) in [5, 5.41) is 83.5. The molecule has 15 nitrogen and oxygen atoms in total. The minimum atomic E-state index is -1.35. The summed E-state index contributed by atoms with van der Waals surface area (Å²) >= 11 is 0. The van der Waals surface area contributed by atoms with Gasteiger partial charge in [-0.2, -0.15) is 0 Å². The van der Waals surface area contributed by atoms with Crippen molar-refractivity contribution >= 4 is 17.0 Å². The molecule has 8 atom stereocenters. The number of aromatic amines is 1. The molecule has 0 saturated heterocycles. The molecule has 11 N–H and O–H groups in total. The summed E-state index contributed by atoms with van der Waals surface area (Å²) in [6, 6.07) is 34.4. The number of hydrogen-bond donors (Lipinski definition) is 11. The van der Waals surface area contributed by atoms with Crippen LogP contribution >= 0.6 is 0 Å². The monoisotopic (exact) mass is 1210 g/mol. The molecular weight excluding hydrogens is 1120 g/mol. The van der Waals surface area contributed by atoms with Crippen LogP contribution in [0.15, 0.2) is 115 Å². The molecule has 89 heavy (non-hydrogen) atoms. The number of phenols is 2. The minimum Gasteiger partial charge on any atom is -0.507 e. The molecule has 12 rings (SSSR count). The molecule has 5 aliphatic rings. The molecule has 2 bridgehead atoms. The zero-order chi connectivity index (χ0) is 61.8. The summed E-state index contributed by atoms with van der Waals surface area (Å²) in [5.41, 5.74) is 12.3. The number of fused-ring (bicyclic) bond motifs is 12. The smallest absolute Gasteiger partial charge is 0.162 e. The van der Waals surface area contributed by atoms with E-state index in [0.717, 1.165) is 80.4 Å². The van der Waals surface area contributed by atoms with Gasteiger partial charge < -0.3 is 65.2 Å². The molecule has 0 unspecified atom stereocenters. The number of aryl methyl sites for hydroxylation is 3. The zero-order valence-corrected chi connectivity index (χ0v) is 51.8. The van der Waals surface area contributed by atoms with Crippen LogP contribution < -0.4 is 35.5 Å². The summed E-state index contributed by atoms with van der Waals surface area (Å²) in [5.74, 6) is 8.70. The lowest BCUT2D eigenvalue weighted by atomic mass is 9.62. The maximum Gasteiger partial charge on any atom is 0.162 e. The predicted molar refractivity (Wildman–Crippen MR) is 348 cm³/mol. The van der Waals surface area contributed by atoms with Gasteiger partial charge in [0.1, 0.15) is 41.1 Å². The van der Waals surface area contributed by atoms with Crippen molar-refractivity contribution in [1.82, 2.24) is 26.3 Å². The number of H-pyrrole nitrogens is 1. The van der Waals surface area contributed by atoms with E-state index in [9.17, 15) is 30.6 Å². The van der Waals surface area contributed by atoms with Crippen LogP contribution in [0.5, 0.6) is 28.7 Å².